The van der Waals surface area contributed by atoms with Crippen molar-refractivity contribution in [2.75, 3.05) is 20.3 Å². The van der Waals surface area contributed by atoms with Crippen molar-refractivity contribution in [2.24, 2.45) is 0 Å². The molecule has 3 rings (SSSR count). The first-order chi connectivity index (χ1) is 13.3. The molecular weight excluding hydrogens is 338 g/mol. The van der Waals surface area contributed by atoms with Gasteiger partial charge in [0.15, 0.2) is 0 Å². The molecule has 0 atom stereocenters. The molecule has 2 aromatic rings. The first-order valence-corrected chi connectivity index (χ1v) is 9.80. The van der Waals surface area contributed by atoms with Crippen molar-refractivity contribution in [1.82, 2.24) is 4.90 Å². The number of amides is 1. The Morgan fingerprint density at radius 1 is 1.00 bits per heavy atom. The Morgan fingerprint density at radius 3 is 2.41 bits per heavy atom. The maximum atomic E-state index is 12.7. The summed E-state index contributed by atoms with van der Waals surface area (Å²) in [5.74, 6) is 1.08. The first-order valence-electron chi connectivity index (χ1n) is 9.80. The topological polar surface area (TPSA) is 38.8 Å². The van der Waals surface area contributed by atoms with E-state index in [2.05, 4.69) is 12.1 Å². The molecule has 1 amide bonds. The van der Waals surface area contributed by atoms with Gasteiger partial charge in [0.25, 0.3) is 0 Å². The lowest BCUT2D eigenvalue weighted by molar-refractivity contribution is -0.132. The third-order valence-corrected chi connectivity index (χ3v) is 4.88. The van der Waals surface area contributed by atoms with Crippen molar-refractivity contribution in [3.05, 3.63) is 65.7 Å². The van der Waals surface area contributed by atoms with Crippen LogP contribution in [-0.4, -0.2) is 37.2 Å². The highest BCUT2D eigenvalue weighted by Gasteiger charge is 2.32. The van der Waals surface area contributed by atoms with Crippen LogP contribution < -0.4 is 4.74 Å². The molecule has 0 radical (unpaired) electrons. The van der Waals surface area contributed by atoms with Gasteiger partial charge in [-0.3, -0.25) is 4.79 Å². The van der Waals surface area contributed by atoms with E-state index < -0.39 is 0 Å². The van der Waals surface area contributed by atoms with Crippen molar-refractivity contribution in [2.45, 2.75) is 44.7 Å². The fourth-order valence-corrected chi connectivity index (χ4v) is 3.14. The second-order valence-electron chi connectivity index (χ2n) is 7.05. The molecule has 2 aromatic carbocycles. The number of hydrogen-bond acceptors (Lipinski definition) is 3. The van der Waals surface area contributed by atoms with E-state index in [9.17, 15) is 4.79 Å². The summed E-state index contributed by atoms with van der Waals surface area (Å²) in [5, 5.41) is 0. The molecule has 0 aliphatic heterocycles. The fourth-order valence-electron chi connectivity index (χ4n) is 3.14. The Morgan fingerprint density at radius 2 is 1.74 bits per heavy atom. The van der Waals surface area contributed by atoms with Crippen LogP contribution in [0.1, 0.15) is 36.8 Å². The van der Waals surface area contributed by atoms with Gasteiger partial charge in [-0.1, -0.05) is 42.5 Å². The molecule has 1 saturated carbocycles. The molecule has 1 aliphatic rings. The zero-order valence-corrected chi connectivity index (χ0v) is 16.1. The summed E-state index contributed by atoms with van der Waals surface area (Å²) in [4.78, 5) is 14.7. The molecule has 1 fully saturated rings. The summed E-state index contributed by atoms with van der Waals surface area (Å²) in [6.07, 6.45) is 4.49. The second kappa shape index (κ2) is 10.1. The van der Waals surface area contributed by atoms with Gasteiger partial charge in [0.2, 0.25) is 5.91 Å². The average Bonchev–Trinajstić information content (AvgIpc) is 3.55. The van der Waals surface area contributed by atoms with Crippen LogP contribution in [0.4, 0.5) is 0 Å². The number of hydrogen-bond donors (Lipinski definition) is 0. The van der Waals surface area contributed by atoms with Gasteiger partial charge in [-0.05, 0) is 48.9 Å². The lowest BCUT2D eigenvalue weighted by Crippen LogP contribution is -2.32. The third kappa shape index (κ3) is 6.40. The summed E-state index contributed by atoms with van der Waals surface area (Å²) >= 11 is 0. The van der Waals surface area contributed by atoms with Crippen LogP contribution in [0.15, 0.2) is 54.6 Å². The maximum absolute atomic E-state index is 12.7. The predicted molar refractivity (Wildman–Crippen MR) is 107 cm³/mol. The number of carbonyl (C=O) groups excluding carboxylic acids is 1. The molecule has 0 N–H and O–H groups in total. The van der Waals surface area contributed by atoms with Crippen LogP contribution in [0.2, 0.25) is 0 Å². The zero-order chi connectivity index (χ0) is 18.9. The minimum atomic E-state index is 0.236. The van der Waals surface area contributed by atoms with Crippen molar-refractivity contribution < 1.29 is 14.3 Å². The van der Waals surface area contributed by atoms with Gasteiger partial charge in [-0.25, -0.2) is 0 Å². The molecule has 0 saturated heterocycles. The Labute approximate surface area is 162 Å². The smallest absolute Gasteiger partial charge is 0.223 e. The zero-order valence-electron chi connectivity index (χ0n) is 16.1. The van der Waals surface area contributed by atoms with Gasteiger partial charge in [0.05, 0.1) is 13.7 Å². The second-order valence-corrected chi connectivity index (χ2v) is 7.05. The maximum Gasteiger partial charge on any atom is 0.223 e. The Hall–Kier alpha value is -2.33. The summed E-state index contributed by atoms with van der Waals surface area (Å²) in [5.41, 5.74) is 2.43. The Kier molecular flexibility index (Phi) is 7.28. The van der Waals surface area contributed by atoms with E-state index in [4.69, 9.17) is 9.47 Å². The van der Waals surface area contributed by atoms with Crippen LogP contribution in [0.25, 0.3) is 0 Å². The molecule has 0 spiro atoms. The molecule has 0 heterocycles. The van der Waals surface area contributed by atoms with E-state index >= 15 is 0 Å². The molecule has 0 unspecified atom stereocenters. The van der Waals surface area contributed by atoms with Gasteiger partial charge in [0, 0.05) is 25.6 Å². The number of benzene rings is 2. The number of rotatable bonds is 11. The number of ether oxygens (including phenoxy) is 2. The normalized spacial score (nSPS) is 13.4. The van der Waals surface area contributed by atoms with Crippen molar-refractivity contribution in [3.63, 3.8) is 0 Å². The van der Waals surface area contributed by atoms with Gasteiger partial charge >= 0.3 is 0 Å². The van der Waals surface area contributed by atoms with Gasteiger partial charge < -0.3 is 14.4 Å². The molecule has 4 nitrogen and oxygen atoms in total. The van der Waals surface area contributed by atoms with E-state index in [1.165, 1.54) is 5.56 Å². The molecule has 144 valence electrons. The lowest BCUT2D eigenvalue weighted by atomic mass is 10.2. The summed E-state index contributed by atoms with van der Waals surface area (Å²) in [7, 11) is 1.66. The highest BCUT2D eigenvalue weighted by atomic mass is 16.5. The molecular formula is C23H29NO3. The summed E-state index contributed by atoms with van der Waals surface area (Å²) in [6.45, 7) is 2.03. The van der Waals surface area contributed by atoms with E-state index in [-0.39, 0.29) is 5.91 Å². The molecule has 4 heteroatoms. The largest absolute Gasteiger partial charge is 0.497 e. The van der Waals surface area contributed by atoms with E-state index in [1.54, 1.807) is 7.11 Å². The molecule has 27 heavy (non-hydrogen) atoms. The average molecular weight is 367 g/mol. The van der Waals surface area contributed by atoms with E-state index in [1.807, 2.05) is 47.4 Å². The van der Waals surface area contributed by atoms with E-state index in [0.717, 1.165) is 37.0 Å². The van der Waals surface area contributed by atoms with Crippen LogP contribution in [-0.2, 0) is 22.5 Å². The van der Waals surface area contributed by atoms with Crippen LogP contribution in [0.5, 0.6) is 5.75 Å². The lowest BCUT2D eigenvalue weighted by Gasteiger charge is -2.23. The summed E-state index contributed by atoms with van der Waals surface area (Å²) < 4.78 is 10.9. The third-order valence-electron chi connectivity index (χ3n) is 4.88. The number of nitrogens with zero attached hydrogens (tertiary/aromatic N) is 1. The highest BCUT2D eigenvalue weighted by molar-refractivity contribution is 5.76. The summed E-state index contributed by atoms with van der Waals surface area (Å²) in [6, 6.07) is 18.7. The van der Waals surface area contributed by atoms with Gasteiger partial charge in [0.1, 0.15) is 5.75 Å². The van der Waals surface area contributed by atoms with Gasteiger partial charge in [-0.2, -0.15) is 0 Å². The van der Waals surface area contributed by atoms with Gasteiger partial charge in [-0.15, -0.1) is 0 Å². The predicted octanol–water partition coefficient (Wildman–Crippen LogP) is 4.23. The SMILES string of the molecule is COc1ccc(CN(C(=O)CCCOCCc2ccccc2)C2CC2)cc1. The fraction of sp³-hybridized carbons (Fsp3) is 0.435. The standard InChI is InChI=1S/C23H29NO3/c1-26-22-13-9-20(10-14-22)18-24(21-11-12-21)23(25)8-5-16-27-17-15-19-6-3-2-4-7-19/h2-4,6-7,9-10,13-14,21H,5,8,11-12,15-18H2,1H3. The van der Waals surface area contributed by atoms with Crippen molar-refractivity contribution in [1.29, 1.82) is 0 Å². The van der Waals surface area contributed by atoms with Crippen molar-refractivity contribution in [3.8, 4) is 5.75 Å². The Balaban J connectivity index is 1.37. The first kappa shape index (κ1) is 19.4. The van der Waals surface area contributed by atoms with Crippen molar-refractivity contribution >= 4 is 5.91 Å². The Bertz CT molecular complexity index is 695. The molecule has 1 aliphatic carbocycles. The van der Waals surface area contributed by atoms with E-state index in [0.29, 0.717) is 32.2 Å². The number of carbonyl (C=O) groups is 1. The van der Waals surface area contributed by atoms with Crippen LogP contribution >= 0.6 is 0 Å². The minimum absolute atomic E-state index is 0.236. The monoisotopic (exact) mass is 367 g/mol. The van der Waals surface area contributed by atoms with Crippen LogP contribution in [0.3, 0.4) is 0 Å². The highest BCUT2D eigenvalue weighted by Crippen LogP contribution is 2.29. The van der Waals surface area contributed by atoms with Crippen LogP contribution in [0, 0.1) is 0 Å². The minimum Gasteiger partial charge on any atom is -0.497 e. The molecule has 0 aromatic heterocycles. The number of methoxy groups -OCH3 is 1. The quantitative estimate of drug-likeness (QED) is 0.558. The molecule has 0 bridgehead atoms.